The van der Waals surface area contributed by atoms with Gasteiger partial charge in [0.1, 0.15) is 5.92 Å². The minimum atomic E-state index is -0.587. The number of nitrogens with one attached hydrogen (secondary N) is 2. The van der Waals surface area contributed by atoms with E-state index in [1.807, 2.05) is 32.0 Å². The first-order valence-corrected chi connectivity index (χ1v) is 8.19. The number of benzene rings is 1. The smallest absolute Gasteiger partial charge is 0.317 e. The standard InChI is InChI=1S/C17H20N2O4S/c1-9(2)7-21-16(20)14-10(3)18-17(24)19-15(14)11-4-5-12-13(6-11)23-8-22-12/h4-6,9,14-15H,3,7-8H2,1-2H3,(H2,18,19,24)/t14-,15+/m0/s1. The van der Waals surface area contributed by atoms with Gasteiger partial charge in [-0.3, -0.25) is 4.79 Å². The molecule has 0 aromatic heterocycles. The van der Waals surface area contributed by atoms with Gasteiger partial charge in [-0.25, -0.2) is 0 Å². The molecule has 1 aromatic carbocycles. The van der Waals surface area contributed by atoms with Gasteiger partial charge in [0.05, 0.1) is 12.6 Å². The van der Waals surface area contributed by atoms with E-state index >= 15 is 0 Å². The summed E-state index contributed by atoms with van der Waals surface area (Å²) in [5.41, 5.74) is 1.38. The van der Waals surface area contributed by atoms with Crippen molar-refractivity contribution in [1.82, 2.24) is 10.6 Å². The van der Waals surface area contributed by atoms with Crippen LogP contribution < -0.4 is 20.1 Å². The van der Waals surface area contributed by atoms with E-state index in [2.05, 4.69) is 17.2 Å². The fourth-order valence-electron chi connectivity index (χ4n) is 2.68. The second kappa shape index (κ2) is 6.68. The molecule has 0 amide bonds. The van der Waals surface area contributed by atoms with Gasteiger partial charge in [-0.15, -0.1) is 0 Å². The predicted octanol–water partition coefficient (Wildman–Crippen LogP) is 2.26. The number of hydrogen-bond acceptors (Lipinski definition) is 5. The van der Waals surface area contributed by atoms with Crippen molar-refractivity contribution in [2.75, 3.05) is 13.4 Å². The molecular weight excluding hydrogens is 328 g/mol. The quantitative estimate of drug-likeness (QED) is 0.639. The maximum atomic E-state index is 12.6. The van der Waals surface area contributed by atoms with Gasteiger partial charge in [0.2, 0.25) is 6.79 Å². The molecule has 2 aliphatic heterocycles. The van der Waals surface area contributed by atoms with Crippen LogP contribution in [0.2, 0.25) is 0 Å². The molecule has 0 aliphatic carbocycles. The summed E-state index contributed by atoms with van der Waals surface area (Å²) in [6.07, 6.45) is 0. The fraction of sp³-hybridized carbons (Fsp3) is 0.412. The highest BCUT2D eigenvalue weighted by Gasteiger charge is 2.38. The lowest BCUT2D eigenvalue weighted by Gasteiger charge is -2.35. The highest BCUT2D eigenvalue weighted by molar-refractivity contribution is 7.80. The van der Waals surface area contributed by atoms with Gasteiger partial charge in [0, 0.05) is 5.70 Å². The number of carbonyl (C=O) groups excluding carboxylic acids is 1. The fourth-order valence-corrected chi connectivity index (χ4v) is 2.94. The van der Waals surface area contributed by atoms with E-state index in [1.165, 1.54) is 0 Å². The second-order valence-electron chi connectivity index (χ2n) is 6.22. The zero-order chi connectivity index (χ0) is 17.3. The number of hydrogen-bond donors (Lipinski definition) is 2. The third-order valence-electron chi connectivity index (χ3n) is 3.84. The van der Waals surface area contributed by atoms with Crippen molar-refractivity contribution in [3.05, 3.63) is 36.0 Å². The number of esters is 1. The molecule has 1 fully saturated rings. The highest BCUT2D eigenvalue weighted by Crippen LogP contribution is 2.38. The number of carbonyl (C=O) groups is 1. The van der Waals surface area contributed by atoms with Crippen LogP contribution in [0.15, 0.2) is 30.5 Å². The first-order chi connectivity index (χ1) is 11.5. The van der Waals surface area contributed by atoms with Gasteiger partial charge in [-0.05, 0) is 35.8 Å². The molecule has 0 saturated carbocycles. The lowest BCUT2D eigenvalue weighted by atomic mass is 9.89. The van der Waals surface area contributed by atoms with E-state index in [0.717, 1.165) is 5.56 Å². The molecule has 2 N–H and O–H groups in total. The summed E-state index contributed by atoms with van der Waals surface area (Å²) in [5, 5.41) is 6.48. The molecule has 2 heterocycles. The van der Waals surface area contributed by atoms with Crippen LogP contribution in [0.3, 0.4) is 0 Å². The highest BCUT2D eigenvalue weighted by atomic mass is 32.1. The number of fused-ring (bicyclic) bond motifs is 1. The Morgan fingerprint density at radius 2 is 2.17 bits per heavy atom. The van der Waals surface area contributed by atoms with Crippen LogP contribution in [0, 0.1) is 11.8 Å². The number of ether oxygens (including phenoxy) is 3. The Morgan fingerprint density at radius 1 is 1.42 bits per heavy atom. The van der Waals surface area contributed by atoms with Crippen LogP contribution in [0.25, 0.3) is 0 Å². The molecule has 2 atom stereocenters. The first-order valence-electron chi connectivity index (χ1n) is 7.78. The third-order valence-corrected chi connectivity index (χ3v) is 4.06. The zero-order valence-corrected chi connectivity index (χ0v) is 14.4. The first kappa shape index (κ1) is 16.6. The van der Waals surface area contributed by atoms with Crippen LogP contribution in [0.1, 0.15) is 25.5 Å². The van der Waals surface area contributed by atoms with E-state index in [1.54, 1.807) is 0 Å². The van der Waals surface area contributed by atoms with Crippen LogP contribution >= 0.6 is 12.2 Å². The predicted molar refractivity (Wildman–Crippen MR) is 92.6 cm³/mol. The van der Waals surface area contributed by atoms with Crippen LogP contribution in [-0.2, 0) is 9.53 Å². The summed E-state index contributed by atoms with van der Waals surface area (Å²) in [7, 11) is 0. The second-order valence-corrected chi connectivity index (χ2v) is 6.62. The Bertz CT molecular complexity index is 689. The molecule has 0 unspecified atom stereocenters. The van der Waals surface area contributed by atoms with Crippen molar-refractivity contribution < 1.29 is 19.0 Å². The van der Waals surface area contributed by atoms with Gasteiger partial charge in [-0.1, -0.05) is 26.5 Å². The van der Waals surface area contributed by atoms with E-state index in [-0.39, 0.29) is 24.7 Å². The molecule has 128 valence electrons. The Labute approximate surface area is 146 Å². The number of rotatable bonds is 4. The summed E-state index contributed by atoms with van der Waals surface area (Å²) in [4.78, 5) is 12.6. The molecule has 1 saturated heterocycles. The van der Waals surface area contributed by atoms with Crippen molar-refractivity contribution in [2.45, 2.75) is 19.9 Å². The Balaban J connectivity index is 1.87. The average Bonchev–Trinajstić information content (AvgIpc) is 2.99. The van der Waals surface area contributed by atoms with Gasteiger partial charge in [0.25, 0.3) is 0 Å². The summed E-state index contributed by atoms with van der Waals surface area (Å²) < 4.78 is 16.2. The molecule has 2 aliphatic rings. The summed E-state index contributed by atoms with van der Waals surface area (Å²) >= 11 is 5.21. The van der Waals surface area contributed by atoms with Crippen LogP contribution in [-0.4, -0.2) is 24.5 Å². The molecule has 0 radical (unpaired) electrons. The van der Waals surface area contributed by atoms with Crippen molar-refractivity contribution >= 4 is 23.3 Å². The number of thiocarbonyl (C=S) groups is 1. The lowest BCUT2D eigenvalue weighted by Crippen LogP contribution is -2.51. The molecular formula is C17H20N2O4S. The Kier molecular flexibility index (Phi) is 4.62. The van der Waals surface area contributed by atoms with E-state index in [9.17, 15) is 4.79 Å². The average molecular weight is 348 g/mol. The van der Waals surface area contributed by atoms with E-state index < -0.39 is 5.92 Å². The molecule has 0 bridgehead atoms. The molecule has 3 rings (SSSR count). The minimum absolute atomic E-state index is 0.198. The molecule has 1 aromatic rings. The zero-order valence-electron chi connectivity index (χ0n) is 13.6. The molecule has 7 heteroatoms. The van der Waals surface area contributed by atoms with Crippen molar-refractivity contribution in [2.24, 2.45) is 11.8 Å². The van der Waals surface area contributed by atoms with Gasteiger partial charge < -0.3 is 24.8 Å². The van der Waals surface area contributed by atoms with Gasteiger partial charge >= 0.3 is 5.97 Å². The summed E-state index contributed by atoms with van der Waals surface area (Å²) in [6.45, 7) is 8.49. The van der Waals surface area contributed by atoms with Crippen LogP contribution in [0.5, 0.6) is 11.5 Å². The monoisotopic (exact) mass is 348 g/mol. The van der Waals surface area contributed by atoms with Crippen molar-refractivity contribution in [3.8, 4) is 11.5 Å². The van der Waals surface area contributed by atoms with Crippen molar-refractivity contribution in [3.63, 3.8) is 0 Å². The van der Waals surface area contributed by atoms with Gasteiger partial charge in [-0.2, -0.15) is 0 Å². The van der Waals surface area contributed by atoms with Crippen molar-refractivity contribution in [1.29, 1.82) is 0 Å². The normalized spacial score (nSPS) is 22.1. The van der Waals surface area contributed by atoms with Gasteiger partial charge in [0.15, 0.2) is 16.6 Å². The Hall–Kier alpha value is -2.28. The maximum Gasteiger partial charge on any atom is 0.317 e. The van der Waals surface area contributed by atoms with E-state index in [4.69, 9.17) is 26.4 Å². The topological polar surface area (TPSA) is 68.8 Å². The summed E-state index contributed by atoms with van der Waals surface area (Å²) in [6, 6.07) is 5.18. The molecule has 24 heavy (non-hydrogen) atoms. The Morgan fingerprint density at radius 3 is 2.92 bits per heavy atom. The van der Waals surface area contributed by atoms with Crippen LogP contribution in [0.4, 0.5) is 0 Å². The lowest BCUT2D eigenvalue weighted by molar-refractivity contribution is -0.149. The van der Waals surface area contributed by atoms with E-state index in [0.29, 0.717) is 28.9 Å². The SMILES string of the molecule is C=C1NC(=S)N[C@H](c2ccc3c(c2)OCO3)[C@H]1C(=O)OCC(C)C. The molecule has 0 spiro atoms. The summed E-state index contributed by atoms with van der Waals surface area (Å²) in [5.74, 6) is 0.679. The minimum Gasteiger partial charge on any atom is -0.465 e. The maximum absolute atomic E-state index is 12.6. The third kappa shape index (κ3) is 3.31. The molecule has 6 nitrogen and oxygen atoms in total. The largest absolute Gasteiger partial charge is 0.465 e.